The largest absolute Gasteiger partial charge is 0.345 e. The molecule has 1 saturated heterocycles. The predicted octanol–water partition coefficient (Wildman–Crippen LogP) is 1.51. The van der Waals surface area contributed by atoms with Gasteiger partial charge in [0.15, 0.2) is 0 Å². The number of carbonyl (C=O) groups excluding carboxylic acids is 3. The van der Waals surface area contributed by atoms with Crippen LogP contribution in [0.5, 0.6) is 0 Å². The number of nitrogens with one attached hydrogen (secondary N) is 1. The van der Waals surface area contributed by atoms with Crippen LogP contribution >= 0.6 is 11.3 Å². The van der Waals surface area contributed by atoms with E-state index < -0.39 is 11.8 Å². The normalized spacial score (nSPS) is 16.8. The number of hydrogen-bond acceptors (Lipinski definition) is 5. The molecule has 0 radical (unpaired) electrons. The van der Waals surface area contributed by atoms with E-state index in [-0.39, 0.29) is 17.8 Å². The van der Waals surface area contributed by atoms with Gasteiger partial charge in [0.2, 0.25) is 0 Å². The van der Waals surface area contributed by atoms with E-state index in [1.807, 2.05) is 0 Å². The van der Waals surface area contributed by atoms with Crippen molar-refractivity contribution in [2.45, 2.75) is 18.9 Å². The molecule has 1 aliphatic carbocycles. The van der Waals surface area contributed by atoms with E-state index in [4.69, 9.17) is 0 Å². The molecule has 1 aromatic carbocycles. The third-order valence-corrected chi connectivity index (χ3v) is 5.80. The molecule has 2 aromatic rings. The highest BCUT2D eigenvalue weighted by molar-refractivity contribution is 7.16. The number of halogens is 1. The summed E-state index contributed by atoms with van der Waals surface area (Å²) in [6.07, 6.45) is 3.30. The highest BCUT2D eigenvalue weighted by Gasteiger charge is 2.32. The second-order valence-corrected chi connectivity index (χ2v) is 7.87. The molecule has 28 heavy (non-hydrogen) atoms. The van der Waals surface area contributed by atoms with E-state index in [0.717, 1.165) is 24.2 Å². The van der Waals surface area contributed by atoms with Crippen LogP contribution in [0.2, 0.25) is 0 Å². The number of nitrogens with zero attached hydrogens (tertiary/aromatic N) is 3. The summed E-state index contributed by atoms with van der Waals surface area (Å²) in [6, 6.07) is 6.43. The first-order chi connectivity index (χ1) is 13.5. The molecule has 0 spiro atoms. The molecule has 146 valence electrons. The molecule has 1 N–H and O–H groups in total. The lowest BCUT2D eigenvalue weighted by molar-refractivity contribution is -0.146. The number of hydrogen-bond donors (Lipinski definition) is 1. The fraction of sp³-hybridized carbons (Fsp3) is 0.368. The molecular formula is C19H19FN4O3S. The lowest BCUT2D eigenvalue weighted by atomic mass is 10.2. The van der Waals surface area contributed by atoms with Crippen molar-refractivity contribution in [2.75, 3.05) is 26.2 Å². The zero-order valence-corrected chi connectivity index (χ0v) is 15.9. The minimum Gasteiger partial charge on any atom is -0.345 e. The Balaban J connectivity index is 1.36. The summed E-state index contributed by atoms with van der Waals surface area (Å²) in [5.41, 5.74) is 0.364. The van der Waals surface area contributed by atoms with Crippen molar-refractivity contribution in [3.63, 3.8) is 0 Å². The summed E-state index contributed by atoms with van der Waals surface area (Å²) >= 11 is 1.14. The third-order valence-electron chi connectivity index (χ3n) is 4.78. The van der Waals surface area contributed by atoms with Gasteiger partial charge in [0, 0.05) is 37.8 Å². The number of rotatable bonds is 3. The number of piperazine rings is 1. The smallest absolute Gasteiger partial charge is 0.312 e. The Bertz CT molecular complexity index is 919. The van der Waals surface area contributed by atoms with Gasteiger partial charge in [-0.25, -0.2) is 9.37 Å². The van der Waals surface area contributed by atoms with Crippen molar-refractivity contribution in [3.05, 3.63) is 41.2 Å². The van der Waals surface area contributed by atoms with Gasteiger partial charge in [-0.1, -0.05) is 12.1 Å². The number of amides is 3. The van der Waals surface area contributed by atoms with E-state index in [1.54, 1.807) is 23.1 Å². The van der Waals surface area contributed by atoms with Gasteiger partial charge in [-0.3, -0.25) is 14.4 Å². The first kappa shape index (κ1) is 18.5. The van der Waals surface area contributed by atoms with Crippen LogP contribution in [0, 0.1) is 5.82 Å². The van der Waals surface area contributed by atoms with Crippen LogP contribution in [0.3, 0.4) is 0 Å². The van der Waals surface area contributed by atoms with Gasteiger partial charge in [-0.15, -0.1) is 11.3 Å². The predicted molar refractivity (Wildman–Crippen MR) is 101 cm³/mol. The van der Waals surface area contributed by atoms with Gasteiger partial charge in [-0.2, -0.15) is 0 Å². The maximum Gasteiger partial charge on any atom is 0.312 e. The summed E-state index contributed by atoms with van der Waals surface area (Å²) in [4.78, 5) is 44.4. The molecule has 2 fully saturated rings. The molecule has 2 heterocycles. The van der Waals surface area contributed by atoms with Gasteiger partial charge in [0.05, 0.1) is 6.20 Å². The average Bonchev–Trinajstić information content (AvgIpc) is 3.39. The van der Waals surface area contributed by atoms with Crippen molar-refractivity contribution < 1.29 is 18.8 Å². The van der Waals surface area contributed by atoms with Gasteiger partial charge in [-0.05, 0) is 25.0 Å². The Hall–Kier alpha value is -2.81. The zero-order chi connectivity index (χ0) is 19.7. The summed E-state index contributed by atoms with van der Waals surface area (Å²) in [5.74, 6) is -1.69. The summed E-state index contributed by atoms with van der Waals surface area (Å²) in [7, 11) is 0. The second kappa shape index (κ2) is 7.67. The van der Waals surface area contributed by atoms with Crippen molar-refractivity contribution >= 4 is 29.1 Å². The molecular weight excluding hydrogens is 383 g/mol. The van der Waals surface area contributed by atoms with E-state index in [0.29, 0.717) is 41.6 Å². The van der Waals surface area contributed by atoms with E-state index in [1.165, 1.54) is 17.2 Å². The van der Waals surface area contributed by atoms with Crippen molar-refractivity contribution in [2.24, 2.45) is 0 Å². The fourth-order valence-corrected chi connectivity index (χ4v) is 3.93. The zero-order valence-electron chi connectivity index (χ0n) is 15.1. The van der Waals surface area contributed by atoms with Crippen LogP contribution in [-0.2, 0) is 9.59 Å². The molecule has 1 aromatic heterocycles. The van der Waals surface area contributed by atoms with Crippen molar-refractivity contribution in [1.82, 2.24) is 20.1 Å². The van der Waals surface area contributed by atoms with Crippen LogP contribution in [0.1, 0.15) is 22.5 Å². The summed E-state index contributed by atoms with van der Waals surface area (Å²) in [6.45, 7) is 1.30. The van der Waals surface area contributed by atoms with Crippen LogP contribution in [0.25, 0.3) is 10.6 Å². The molecule has 1 saturated carbocycles. The van der Waals surface area contributed by atoms with Crippen LogP contribution in [0.4, 0.5) is 4.39 Å². The Morgan fingerprint density at radius 3 is 2.43 bits per heavy atom. The summed E-state index contributed by atoms with van der Waals surface area (Å²) < 4.78 is 13.9. The lowest BCUT2D eigenvalue weighted by Crippen LogP contribution is -2.54. The Morgan fingerprint density at radius 2 is 1.75 bits per heavy atom. The van der Waals surface area contributed by atoms with Crippen molar-refractivity contribution in [3.8, 4) is 10.6 Å². The Morgan fingerprint density at radius 1 is 1.07 bits per heavy atom. The van der Waals surface area contributed by atoms with E-state index in [2.05, 4.69) is 10.3 Å². The SMILES string of the molecule is O=C(NC1CC1)C(=O)N1CCN(C(=O)c2cnc(-c3ccccc3F)s2)CC1. The number of benzene rings is 1. The molecule has 7 nitrogen and oxygen atoms in total. The standard InChI is InChI=1S/C19H19FN4O3S/c20-14-4-2-1-3-13(14)17-21-11-15(28-17)18(26)23-7-9-24(10-8-23)19(27)16(25)22-12-5-6-12/h1-4,11-12H,5-10H2,(H,22,25). The van der Waals surface area contributed by atoms with Crippen LogP contribution < -0.4 is 5.32 Å². The molecule has 0 unspecified atom stereocenters. The average molecular weight is 402 g/mol. The van der Waals surface area contributed by atoms with Gasteiger partial charge >= 0.3 is 11.8 Å². The maximum atomic E-state index is 13.9. The van der Waals surface area contributed by atoms with Gasteiger partial charge < -0.3 is 15.1 Å². The topological polar surface area (TPSA) is 82.6 Å². The van der Waals surface area contributed by atoms with E-state index in [9.17, 15) is 18.8 Å². The molecule has 1 aliphatic heterocycles. The molecule has 4 rings (SSSR count). The van der Waals surface area contributed by atoms with Gasteiger partial charge in [0.1, 0.15) is 15.7 Å². The molecule has 2 aliphatic rings. The third kappa shape index (κ3) is 3.89. The monoisotopic (exact) mass is 402 g/mol. The van der Waals surface area contributed by atoms with Crippen LogP contribution in [-0.4, -0.2) is 64.7 Å². The fourth-order valence-electron chi connectivity index (χ4n) is 3.02. The number of carbonyl (C=O) groups is 3. The highest BCUT2D eigenvalue weighted by Crippen LogP contribution is 2.28. The Labute approximate surface area is 165 Å². The molecule has 0 bridgehead atoms. The molecule has 3 amide bonds. The summed E-state index contributed by atoms with van der Waals surface area (Å²) in [5, 5.41) is 3.14. The quantitative estimate of drug-likeness (QED) is 0.789. The minimum atomic E-state index is -0.570. The number of aromatic nitrogens is 1. The maximum absolute atomic E-state index is 13.9. The van der Waals surface area contributed by atoms with E-state index >= 15 is 0 Å². The first-order valence-electron chi connectivity index (χ1n) is 9.12. The van der Waals surface area contributed by atoms with Crippen molar-refractivity contribution in [1.29, 1.82) is 0 Å². The Kier molecular flexibility index (Phi) is 5.08. The van der Waals surface area contributed by atoms with Crippen LogP contribution in [0.15, 0.2) is 30.5 Å². The number of thiazole rings is 1. The second-order valence-electron chi connectivity index (χ2n) is 6.84. The molecule has 0 atom stereocenters. The lowest BCUT2D eigenvalue weighted by Gasteiger charge is -2.34. The molecule has 9 heteroatoms. The highest BCUT2D eigenvalue weighted by atomic mass is 32.1. The minimum absolute atomic E-state index is 0.134. The van der Waals surface area contributed by atoms with Gasteiger partial charge in [0.25, 0.3) is 5.91 Å². The first-order valence-corrected chi connectivity index (χ1v) is 9.94.